The number of aliphatic hydroxyl groups excluding tert-OH is 1. The SMILES string of the molecule is CCc1ccc(CC)c(C(O)C2(c3ccccc3)CC2)c1. The molecule has 3 rings (SSSR count). The molecule has 110 valence electrons. The summed E-state index contributed by atoms with van der Waals surface area (Å²) in [6.45, 7) is 4.33. The van der Waals surface area contributed by atoms with Crippen LogP contribution >= 0.6 is 0 Å². The summed E-state index contributed by atoms with van der Waals surface area (Å²) < 4.78 is 0. The van der Waals surface area contributed by atoms with Crippen LogP contribution in [0.2, 0.25) is 0 Å². The third-order valence-corrected chi connectivity index (χ3v) is 4.95. The van der Waals surface area contributed by atoms with Gasteiger partial charge in [0, 0.05) is 5.41 Å². The first-order valence-electron chi connectivity index (χ1n) is 8.06. The monoisotopic (exact) mass is 280 g/mol. The number of rotatable bonds is 5. The molecule has 0 heterocycles. The van der Waals surface area contributed by atoms with E-state index in [0.29, 0.717) is 0 Å². The second-order valence-electron chi connectivity index (χ2n) is 6.16. The van der Waals surface area contributed by atoms with Crippen LogP contribution < -0.4 is 0 Å². The first-order valence-corrected chi connectivity index (χ1v) is 8.06. The highest BCUT2D eigenvalue weighted by atomic mass is 16.3. The Bertz CT molecular complexity index is 611. The van der Waals surface area contributed by atoms with Gasteiger partial charge in [0.15, 0.2) is 0 Å². The molecule has 1 fully saturated rings. The molecule has 0 amide bonds. The molecule has 2 aromatic rings. The van der Waals surface area contributed by atoms with Gasteiger partial charge in [-0.15, -0.1) is 0 Å². The largest absolute Gasteiger partial charge is 0.387 e. The lowest BCUT2D eigenvalue weighted by Crippen LogP contribution is -2.19. The summed E-state index contributed by atoms with van der Waals surface area (Å²) in [5.41, 5.74) is 4.95. The van der Waals surface area contributed by atoms with Crippen molar-refractivity contribution in [2.75, 3.05) is 0 Å². The highest BCUT2D eigenvalue weighted by molar-refractivity contribution is 5.41. The van der Waals surface area contributed by atoms with Crippen molar-refractivity contribution in [2.45, 2.75) is 51.0 Å². The summed E-state index contributed by atoms with van der Waals surface area (Å²) in [7, 11) is 0. The maximum atomic E-state index is 11.1. The lowest BCUT2D eigenvalue weighted by atomic mass is 9.83. The molecule has 2 aromatic carbocycles. The maximum Gasteiger partial charge on any atom is 0.0889 e. The van der Waals surface area contributed by atoms with Gasteiger partial charge in [0.25, 0.3) is 0 Å². The van der Waals surface area contributed by atoms with Crippen molar-refractivity contribution in [1.29, 1.82) is 0 Å². The minimum absolute atomic E-state index is 0.0580. The average molecular weight is 280 g/mol. The van der Waals surface area contributed by atoms with Crippen molar-refractivity contribution >= 4 is 0 Å². The molecule has 0 radical (unpaired) electrons. The molecule has 1 atom stereocenters. The zero-order valence-electron chi connectivity index (χ0n) is 13.0. The van der Waals surface area contributed by atoms with Crippen LogP contribution in [-0.4, -0.2) is 5.11 Å². The van der Waals surface area contributed by atoms with Crippen LogP contribution in [0.4, 0.5) is 0 Å². The Morgan fingerprint density at radius 1 is 1.00 bits per heavy atom. The van der Waals surface area contributed by atoms with Gasteiger partial charge in [-0.25, -0.2) is 0 Å². The van der Waals surface area contributed by atoms with E-state index in [0.717, 1.165) is 31.2 Å². The van der Waals surface area contributed by atoms with Gasteiger partial charge in [-0.3, -0.25) is 0 Å². The minimum Gasteiger partial charge on any atom is -0.387 e. The van der Waals surface area contributed by atoms with Crippen molar-refractivity contribution in [2.24, 2.45) is 0 Å². The molecule has 1 nitrogen and oxygen atoms in total. The topological polar surface area (TPSA) is 20.2 Å². The lowest BCUT2D eigenvalue weighted by Gasteiger charge is -2.25. The van der Waals surface area contributed by atoms with Crippen LogP contribution in [0.25, 0.3) is 0 Å². The molecule has 0 aliphatic heterocycles. The van der Waals surface area contributed by atoms with Crippen molar-refractivity contribution in [3.8, 4) is 0 Å². The van der Waals surface area contributed by atoms with Crippen LogP contribution in [0.15, 0.2) is 48.5 Å². The minimum atomic E-state index is -0.388. The van der Waals surface area contributed by atoms with Gasteiger partial charge in [-0.1, -0.05) is 62.4 Å². The molecule has 1 unspecified atom stereocenters. The molecule has 1 heteroatoms. The first kappa shape index (κ1) is 14.3. The molecule has 1 saturated carbocycles. The van der Waals surface area contributed by atoms with Gasteiger partial charge in [0.1, 0.15) is 0 Å². The Morgan fingerprint density at radius 2 is 1.71 bits per heavy atom. The van der Waals surface area contributed by atoms with E-state index in [9.17, 15) is 5.11 Å². The summed E-state index contributed by atoms with van der Waals surface area (Å²) in [6, 6.07) is 17.1. The Morgan fingerprint density at radius 3 is 2.29 bits per heavy atom. The quantitative estimate of drug-likeness (QED) is 0.850. The summed E-state index contributed by atoms with van der Waals surface area (Å²) in [6.07, 6.45) is 3.76. The van der Waals surface area contributed by atoms with Gasteiger partial charge >= 0.3 is 0 Å². The van der Waals surface area contributed by atoms with Crippen LogP contribution in [0.3, 0.4) is 0 Å². The van der Waals surface area contributed by atoms with E-state index in [-0.39, 0.29) is 11.5 Å². The van der Waals surface area contributed by atoms with E-state index in [1.54, 1.807) is 0 Å². The fourth-order valence-corrected chi connectivity index (χ4v) is 3.36. The van der Waals surface area contributed by atoms with Crippen LogP contribution in [0.1, 0.15) is 55.0 Å². The van der Waals surface area contributed by atoms with E-state index in [2.05, 4.69) is 56.3 Å². The van der Waals surface area contributed by atoms with Crippen molar-refractivity contribution in [3.63, 3.8) is 0 Å². The highest BCUT2D eigenvalue weighted by Crippen LogP contribution is 2.56. The third kappa shape index (κ3) is 2.51. The molecule has 0 spiro atoms. The number of aryl methyl sites for hydroxylation is 2. The van der Waals surface area contributed by atoms with Gasteiger partial charge in [-0.05, 0) is 47.9 Å². The number of hydrogen-bond donors (Lipinski definition) is 1. The van der Waals surface area contributed by atoms with Crippen molar-refractivity contribution in [3.05, 3.63) is 70.8 Å². The number of benzene rings is 2. The van der Waals surface area contributed by atoms with Crippen LogP contribution in [0, 0.1) is 0 Å². The Labute approximate surface area is 127 Å². The molecule has 1 aliphatic rings. The molecule has 0 saturated heterocycles. The van der Waals surface area contributed by atoms with E-state index < -0.39 is 0 Å². The Kier molecular flexibility index (Phi) is 3.86. The summed E-state index contributed by atoms with van der Waals surface area (Å²) in [5.74, 6) is 0. The number of aliphatic hydroxyl groups is 1. The molecule has 1 N–H and O–H groups in total. The molecule has 21 heavy (non-hydrogen) atoms. The molecular formula is C20H24O. The summed E-state index contributed by atoms with van der Waals surface area (Å²) in [4.78, 5) is 0. The second-order valence-corrected chi connectivity index (χ2v) is 6.16. The molecular weight excluding hydrogens is 256 g/mol. The van der Waals surface area contributed by atoms with Gasteiger partial charge < -0.3 is 5.11 Å². The zero-order chi connectivity index (χ0) is 14.9. The highest BCUT2D eigenvalue weighted by Gasteiger charge is 2.51. The van der Waals surface area contributed by atoms with Crippen LogP contribution in [0.5, 0.6) is 0 Å². The van der Waals surface area contributed by atoms with Crippen molar-refractivity contribution in [1.82, 2.24) is 0 Å². The van der Waals surface area contributed by atoms with E-state index in [1.807, 2.05) is 6.07 Å². The molecule has 1 aliphatic carbocycles. The van der Waals surface area contributed by atoms with E-state index >= 15 is 0 Å². The van der Waals surface area contributed by atoms with Gasteiger partial charge in [-0.2, -0.15) is 0 Å². The lowest BCUT2D eigenvalue weighted by molar-refractivity contribution is 0.132. The maximum absolute atomic E-state index is 11.1. The normalized spacial score (nSPS) is 17.5. The predicted molar refractivity (Wildman–Crippen MR) is 87.5 cm³/mol. The fraction of sp³-hybridized carbons (Fsp3) is 0.400. The summed E-state index contributed by atoms with van der Waals surface area (Å²) in [5, 5.41) is 11.1. The Hall–Kier alpha value is -1.60. The average Bonchev–Trinajstić information content (AvgIpc) is 3.36. The van der Waals surface area contributed by atoms with Gasteiger partial charge in [0.2, 0.25) is 0 Å². The van der Waals surface area contributed by atoms with Gasteiger partial charge in [0.05, 0.1) is 6.10 Å². The molecule has 0 aromatic heterocycles. The fourth-order valence-electron chi connectivity index (χ4n) is 3.36. The van der Waals surface area contributed by atoms with E-state index in [1.165, 1.54) is 16.7 Å². The zero-order valence-corrected chi connectivity index (χ0v) is 13.0. The van der Waals surface area contributed by atoms with Crippen molar-refractivity contribution < 1.29 is 5.11 Å². The molecule has 0 bridgehead atoms. The standard InChI is InChI=1S/C20H24O/c1-3-15-10-11-16(4-2)18(14-15)19(21)20(12-13-20)17-8-6-5-7-9-17/h5-11,14,19,21H,3-4,12-13H2,1-2H3. The number of hydrogen-bond acceptors (Lipinski definition) is 1. The first-order chi connectivity index (χ1) is 10.2. The van der Waals surface area contributed by atoms with Crippen LogP contribution in [-0.2, 0) is 18.3 Å². The predicted octanol–water partition coefficient (Wildman–Crippen LogP) is 4.58. The Balaban J connectivity index is 2.00. The second kappa shape index (κ2) is 5.65. The van der Waals surface area contributed by atoms with E-state index in [4.69, 9.17) is 0 Å². The third-order valence-electron chi connectivity index (χ3n) is 4.95. The smallest absolute Gasteiger partial charge is 0.0889 e. The summed E-state index contributed by atoms with van der Waals surface area (Å²) >= 11 is 0.